The summed E-state index contributed by atoms with van der Waals surface area (Å²) >= 11 is 1.38. The molecule has 1 fully saturated rings. The van der Waals surface area contributed by atoms with Crippen molar-refractivity contribution in [1.29, 1.82) is 0 Å². The van der Waals surface area contributed by atoms with Crippen LogP contribution in [0.15, 0.2) is 54.3 Å². The van der Waals surface area contributed by atoms with E-state index in [1.807, 2.05) is 5.38 Å². The van der Waals surface area contributed by atoms with E-state index in [0.717, 1.165) is 17.0 Å². The predicted octanol–water partition coefficient (Wildman–Crippen LogP) is 1.43. The molecule has 1 aliphatic heterocycles. The molecule has 0 spiro atoms. The molecule has 38 heavy (non-hydrogen) atoms. The summed E-state index contributed by atoms with van der Waals surface area (Å²) in [6, 6.07) is 2.09. The van der Waals surface area contributed by atoms with Crippen molar-refractivity contribution in [2.45, 2.75) is 31.0 Å². The van der Waals surface area contributed by atoms with Crippen LogP contribution in [0.2, 0.25) is 0 Å². The summed E-state index contributed by atoms with van der Waals surface area (Å²) in [6.07, 6.45) is 4.26. The number of nitrogens with one attached hydrogen (secondary N) is 3. The Kier molecular flexibility index (Phi) is 8.21. The zero-order chi connectivity index (χ0) is 27.2. The fraction of sp³-hybridized carbons (Fsp3) is 0.250. The molecule has 1 aromatic carbocycles. The number of anilines is 1. The molecule has 198 valence electrons. The maximum Gasteiger partial charge on any atom is 0.319 e. The van der Waals surface area contributed by atoms with Crippen molar-refractivity contribution in [2.75, 3.05) is 11.9 Å². The molecule has 0 saturated carbocycles. The van der Waals surface area contributed by atoms with Crippen LogP contribution in [0.4, 0.5) is 19.3 Å². The van der Waals surface area contributed by atoms with E-state index in [9.17, 15) is 28.0 Å². The summed E-state index contributed by atoms with van der Waals surface area (Å²) in [5.74, 6) is -3.91. The van der Waals surface area contributed by atoms with Gasteiger partial charge in [-0.15, -0.1) is 11.3 Å². The minimum absolute atomic E-state index is 0.0196. The SMILES string of the molecule is NC(=O)[C@H](Cc1cccs1)NC(=O)[C@@H]1[C@@H](NC(=O)Nc2ccc(F)cc2F)CCN1C(=O)c1cnccn1. The Balaban J connectivity index is 1.54. The van der Waals surface area contributed by atoms with E-state index in [1.54, 1.807) is 12.1 Å². The monoisotopic (exact) mass is 543 g/mol. The minimum Gasteiger partial charge on any atom is -0.368 e. The molecule has 2 aromatic heterocycles. The van der Waals surface area contributed by atoms with Crippen LogP contribution in [0.1, 0.15) is 21.8 Å². The van der Waals surface area contributed by atoms with Gasteiger partial charge in [0.15, 0.2) is 0 Å². The molecule has 0 bridgehead atoms. The van der Waals surface area contributed by atoms with Gasteiger partial charge in [0.05, 0.1) is 17.9 Å². The summed E-state index contributed by atoms with van der Waals surface area (Å²) < 4.78 is 27.2. The number of nitrogens with zero attached hydrogens (tertiary/aromatic N) is 3. The molecular weight excluding hydrogens is 520 g/mol. The smallest absolute Gasteiger partial charge is 0.319 e. The number of benzene rings is 1. The Morgan fingerprint density at radius 3 is 2.66 bits per heavy atom. The maximum absolute atomic E-state index is 14.0. The van der Waals surface area contributed by atoms with E-state index in [2.05, 4.69) is 25.9 Å². The van der Waals surface area contributed by atoms with Crippen LogP contribution in [0.3, 0.4) is 0 Å². The highest BCUT2D eigenvalue weighted by Crippen LogP contribution is 2.22. The van der Waals surface area contributed by atoms with Gasteiger partial charge in [0.25, 0.3) is 5.91 Å². The molecule has 11 nitrogen and oxygen atoms in total. The lowest BCUT2D eigenvalue weighted by Crippen LogP contribution is -2.58. The number of carbonyl (C=O) groups excluding carboxylic acids is 4. The maximum atomic E-state index is 14.0. The Labute approximate surface area is 219 Å². The number of thiophene rings is 1. The summed E-state index contributed by atoms with van der Waals surface area (Å²) in [4.78, 5) is 61.3. The number of nitrogens with two attached hydrogens (primary N) is 1. The molecule has 0 aliphatic carbocycles. The third kappa shape index (κ3) is 6.26. The normalized spacial score (nSPS) is 17.5. The number of aromatic nitrogens is 2. The number of halogens is 2. The number of amides is 5. The number of primary amides is 1. The predicted molar refractivity (Wildman–Crippen MR) is 133 cm³/mol. The second kappa shape index (κ2) is 11.7. The third-order valence-corrected chi connectivity index (χ3v) is 6.75. The average molecular weight is 544 g/mol. The Bertz CT molecular complexity index is 1330. The van der Waals surface area contributed by atoms with E-state index in [1.165, 1.54) is 34.8 Å². The van der Waals surface area contributed by atoms with Crippen molar-refractivity contribution in [3.63, 3.8) is 0 Å². The highest BCUT2D eigenvalue weighted by molar-refractivity contribution is 7.09. The van der Waals surface area contributed by atoms with Gasteiger partial charge >= 0.3 is 6.03 Å². The lowest BCUT2D eigenvalue weighted by molar-refractivity contribution is -0.130. The fourth-order valence-electron chi connectivity index (χ4n) is 4.08. The number of carbonyl (C=O) groups is 4. The van der Waals surface area contributed by atoms with Crippen LogP contribution in [0, 0.1) is 11.6 Å². The van der Waals surface area contributed by atoms with Crippen LogP contribution in [0.5, 0.6) is 0 Å². The van der Waals surface area contributed by atoms with Crippen molar-refractivity contribution < 1.29 is 28.0 Å². The molecule has 14 heteroatoms. The van der Waals surface area contributed by atoms with Gasteiger partial charge < -0.3 is 26.6 Å². The minimum atomic E-state index is -1.25. The molecular formula is C24H23F2N7O4S. The average Bonchev–Trinajstić information content (AvgIpc) is 3.55. The first-order valence-corrected chi connectivity index (χ1v) is 12.3. The first-order valence-electron chi connectivity index (χ1n) is 11.4. The molecule has 1 saturated heterocycles. The van der Waals surface area contributed by atoms with Crippen molar-refractivity contribution in [2.24, 2.45) is 5.73 Å². The fourth-order valence-corrected chi connectivity index (χ4v) is 4.83. The number of hydrogen-bond acceptors (Lipinski definition) is 7. The second-order valence-electron chi connectivity index (χ2n) is 8.40. The Morgan fingerprint density at radius 2 is 2.00 bits per heavy atom. The molecule has 3 atom stereocenters. The number of hydrogen-bond donors (Lipinski definition) is 4. The van der Waals surface area contributed by atoms with Crippen LogP contribution in [-0.4, -0.2) is 63.3 Å². The van der Waals surface area contributed by atoms with E-state index < -0.39 is 53.5 Å². The highest BCUT2D eigenvalue weighted by atomic mass is 32.1. The summed E-state index contributed by atoms with van der Waals surface area (Å²) in [7, 11) is 0. The van der Waals surface area contributed by atoms with Crippen LogP contribution in [-0.2, 0) is 16.0 Å². The number of urea groups is 1. The van der Waals surface area contributed by atoms with Gasteiger partial charge in [-0.05, 0) is 30.0 Å². The van der Waals surface area contributed by atoms with Crippen molar-refractivity contribution in [3.05, 3.63) is 76.5 Å². The van der Waals surface area contributed by atoms with Crippen LogP contribution >= 0.6 is 11.3 Å². The first-order chi connectivity index (χ1) is 18.2. The zero-order valence-electron chi connectivity index (χ0n) is 19.8. The number of rotatable bonds is 8. The standard InChI is InChI=1S/C24H23F2N7O4S/c25-13-3-4-16(15(26)10-13)31-24(37)32-17-5-8-33(23(36)19-12-28-6-7-29-19)20(17)22(35)30-18(21(27)34)11-14-2-1-9-38-14/h1-4,6-7,9-10,12,17-18,20H,5,8,11H2,(H2,27,34)(H,30,35)(H2,31,32,37)/t17-,18-,20-/m0/s1. The lowest BCUT2D eigenvalue weighted by Gasteiger charge is -2.29. The van der Waals surface area contributed by atoms with Gasteiger partial charge in [-0.25, -0.2) is 18.6 Å². The van der Waals surface area contributed by atoms with E-state index in [4.69, 9.17) is 5.73 Å². The van der Waals surface area contributed by atoms with Gasteiger partial charge in [-0.2, -0.15) is 0 Å². The topological polar surface area (TPSA) is 159 Å². The van der Waals surface area contributed by atoms with Gasteiger partial charge in [0.2, 0.25) is 11.8 Å². The number of likely N-dealkylation sites (tertiary alicyclic amines) is 1. The molecule has 1 aliphatic rings. The highest BCUT2D eigenvalue weighted by Gasteiger charge is 2.44. The lowest BCUT2D eigenvalue weighted by atomic mass is 10.1. The summed E-state index contributed by atoms with van der Waals surface area (Å²) in [5, 5.41) is 9.24. The molecule has 0 radical (unpaired) electrons. The summed E-state index contributed by atoms with van der Waals surface area (Å²) in [6.45, 7) is 0.0650. The summed E-state index contributed by atoms with van der Waals surface area (Å²) in [5.41, 5.74) is 5.22. The first kappa shape index (κ1) is 26.6. The molecule has 3 heterocycles. The Morgan fingerprint density at radius 1 is 1.18 bits per heavy atom. The van der Waals surface area contributed by atoms with Gasteiger partial charge in [0, 0.05) is 36.3 Å². The van der Waals surface area contributed by atoms with Crippen LogP contribution in [0.25, 0.3) is 0 Å². The zero-order valence-corrected chi connectivity index (χ0v) is 20.6. The van der Waals surface area contributed by atoms with Gasteiger partial charge in [0.1, 0.15) is 29.4 Å². The van der Waals surface area contributed by atoms with Crippen molar-refractivity contribution in [1.82, 2.24) is 25.5 Å². The molecule has 3 aromatic rings. The van der Waals surface area contributed by atoms with E-state index in [-0.39, 0.29) is 30.8 Å². The van der Waals surface area contributed by atoms with E-state index >= 15 is 0 Å². The van der Waals surface area contributed by atoms with Gasteiger partial charge in [-0.3, -0.25) is 19.4 Å². The van der Waals surface area contributed by atoms with Crippen molar-refractivity contribution in [3.8, 4) is 0 Å². The van der Waals surface area contributed by atoms with Crippen molar-refractivity contribution >= 4 is 40.8 Å². The molecule has 5 N–H and O–H groups in total. The molecule has 4 rings (SSSR count). The second-order valence-corrected chi connectivity index (χ2v) is 9.43. The molecule has 0 unspecified atom stereocenters. The largest absolute Gasteiger partial charge is 0.368 e. The molecule has 5 amide bonds. The quantitative estimate of drug-likeness (QED) is 0.336. The van der Waals surface area contributed by atoms with Gasteiger partial charge in [-0.1, -0.05) is 6.07 Å². The van der Waals surface area contributed by atoms with E-state index in [0.29, 0.717) is 6.07 Å². The Hall–Kier alpha value is -4.46. The van der Waals surface area contributed by atoms with Crippen LogP contribution < -0.4 is 21.7 Å². The third-order valence-electron chi connectivity index (χ3n) is 5.85.